The highest BCUT2D eigenvalue weighted by molar-refractivity contribution is 8.17. The maximum absolute atomic E-state index is 10.5. The summed E-state index contributed by atoms with van der Waals surface area (Å²) in [6.45, 7) is 0. The van der Waals surface area contributed by atoms with E-state index < -0.39 is 23.2 Å². The van der Waals surface area contributed by atoms with Gasteiger partial charge in [-0.15, -0.1) is 23.5 Å². The predicted molar refractivity (Wildman–Crippen MR) is 73.2 cm³/mol. The van der Waals surface area contributed by atoms with E-state index in [-0.39, 0.29) is 10.3 Å². The van der Waals surface area contributed by atoms with E-state index in [9.17, 15) is 25.4 Å². The van der Waals surface area contributed by atoms with Crippen molar-refractivity contribution >= 4 is 29.2 Å². The Morgan fingerprint density at radius 2 is 1.84 bits per heavy atom. The molecule has 1 aliphatic heterocycles. The van der Waals surface area contributed by atoms with E-state index in [2.05, 4.69) is 0 Å². The van der Waals surface area contributed by atoms with Crippen LogP contribution in [0.2, 0.25) is 0 Å². The first-order valence-corrected chi connectivity index (χ1v) is 7.49. The summed E-state index contributed by atoms with van der Waals surface area (Å²) in [4.78, 5) is 10.8. The summed E-state index contributed by atoms with van der Waals surface area (Å²) in [6, 6.07) is 6.00. The summed E-state index contributed by atoms with van der Waals surface area (Å²) >= 11 is 2.68. The Hall–Kier alpha value is -0.800. The Labute approximate surface area is 118 Å². The van der Waals surface area contributed by atoms with E-state index in [0.717, 1.165) is 4.90 Å². The first-order valence-electron chi connectivity index (χ1n) is 5.56. The van der Waals surface area contributed by atoms with Gasteiger partial charge in [0, 0.05) is 22.8 Å². The second kappa shape index (κ2) is 6.10. The van der Waals surface area contributed by atoms with Crippen LogP contribution in [0.4, 0.5) is 5.69 Å². The van der Waals surface area contributed by atoms with Gasteiger partial charge in [0.15, 0.2) is 0 Å². The molecule has 2 rings (SSSR count). The smallest absolute Gasteiger partial charge is 0.269 e. The van der Waals surface area contributed by atoms with E-state index in [1.807, 2.05) is 0 Å². The van der Waals surface area contributed by atoms with E-state index in [1.54, 1.807) is 12.1 Å². The average Bonchev–Trinajstić information content (AvgIpc) is 2.40. The van der Waals surface area contributed by atoms with Gasteiger partial charge in [-0.2, -0.15) is 0 Å². The molecule has 6 nitrogen and oxygen atoms in total. The number of nitrogens with zero attached hydrogens (tertiary/aromatic N) is 1. The van der Waals surface area contributed by atoms with Gasteiger partial charge in [0.25, 0.3) is 5.69 Å². The van der Waals surface area contributed by atoms with Crippen molar-refractivity contribution < 1.29 is 20.2 Å². The summed E-state index contributed by atoms with van der Waals surface area (Å²) in [5.74, 6) is 0.350. The Morgan fingerprint density at radius 3 is 2.42 bits per heavy atom. The first-order chi connectivity index (χ1) is 8.99. The number of nitro groups is 1. The first kappa shape index (κ1) is 14.6. The molecule has 1 aromatic rings. The molecule has 0 aromatic heterocycles. The van der Waals surface area contributed by atoms with Gasteiger partial charge < -0.3 is 15.3 Å². The second-order valence-corrected chi connectivity index (χ2v) is 6.81. The molecule has 1 saturated heterocycles. The molecule has 19 heavy (non-hydrogen) atoms. The van der Waals surface area contributed by atoms with Gasteiger partial charge in [-0.25, -0.2) is 0 Å². The van der Waals surface area contributed by atoms with Crippen LogP contribution in [0.1, 0.15) is 0 Å². The third-order valence-electron chi connectivity index (χ3n) is 2.75. The van der Waals surface area contributed by atoms with E-state index in [0.29, 0.717) is 5.75 Å². The van der Waals surface area contributed by atoms with Crippen molar-refractivity contribution in [3.05, 3.63) is 34.4 Å². The molecular weight excluding hydrogens is 290 g/mol. The molecule has 0 amide bonds. The van der Waals surface area contributed by atoms with Crippen molar-refractivity contribution in [2.24, 2.45) is 0 Å². The molecule has 1 heterocycles. The number of hydrogen-bond acceptors (Lipinski definition) is 7. The van der Waals surface area contributed by atoms with Crippen molar-refractivity contribution in [3.63, 3.8) is 0 Å². The molecule has 104 valence electrons. The molecule has 1 unspecified atom stereocenters. The molecule has 0 spiro atoms. The maximum atomic E-state index is 10.5. The van der Waals surface area contributed by atoms with Crippen molar-refractivity contribution in [1.82, 2.24) is 0 Å². The third kappa shape index (κ3) is 3.40. The van der Waals surface area contributed by atoms with E-state index >= 15 is 0 Å². The molecule has 1 aliphatic rings. The van der Waals surface area contributed by atoms with Gasteiger partial charge in [-0.05, 0) is 12.1 Å². The Kier molecular flexibility index (Phi) is 4.69. The van der Waals surface area contributed by atoms with Crippen LogP contribution in [0.25, 0.3) is 0 Å². The van der Waals surface area contributed by atoms with Crippen LogP contribution < -0.4 is 0 Å². The number of rotatable bonds is 3. The molecule has 0 aliphatic carbocycles. The Morgan fingerprint density at radius 1 is 1.21 bits per heavy atom. The lowest BCUT2D eigenvalue weighted by Crippen LogP contribution is -2.47. The Bertz CT molecular complexity index is 455. The number of non-ortho nitro benzene ring substituents is 1. The topological polar surface area (TPSA) is 104 Å². The van der Waals surface area contributed by atoms with Gasteiger partial charge >= 0.3 is 0 Å². The molecule has 0 bridgehead atoms. The molecule has 8 heteroatoms. The largest absolute Gasteiger partial charge is 0.389 e. The summed E-state index contributed by atoms with van der Waals surface area (Å²) < 4.78 is -0.306. The normalized spacial score (nSPS) is 31.1. The molecule has 0 radical (unpaired) electrons. The zero-order valence-corrected chi connectivity index (χ0v) is 11.4. The van der Waals surface area contributed by atoms with Gasteiger partial charge in [0.05, 0.1) is 15.6 Å². The zero-order valence-electron chi connectivity index (χ0n) is 9.75. The van der Waals surface area contributed by atoms with Gasteiger partial charge in [0.1, 0.15) is 12.2 Å². The number of thioether (sulfide) groups is 2. The van der Waals surface area contributed by atoms with Crippen molar-refractivity contribution in [1.29, 1.82) is 0 Å². The fourth-order valence-corrected chi connectivity index (χ4v) is 4.31. The van der Waals surface area contributed by atoms with Crippen molar-refractivity contribution in [2.45, 2.75) is 27.8 Å². The van der Waals surface area contributed by atoms with Gasteiger partial charge in [-0.3, -0.25) is 10.1 Å². The minimum Gasteiger partial charge on any atom is -0.389 e. The SMILES string of the molecule is O=[N+]([O-])c1ccc(SC2SC[C@@H](O)[C@@H](O)[C@@H]2O)cc1. The quantitative estimate of drug-likeness (QED) is 0.561. The molecule has 3 N–H and O–H groups in total. The monoisotopic (exact) mass is 303 g/mol. The maximum Gasteiger partial charge on any atom is 0.269 e. The predicted octanol–water partition coefficient (Wildman–Crippen LogP) is 0.842. The zero-order chi connectivity index (χ0) is 14.0. The summed E-state index contributed by atoms with van der Waals surface area (Å²) in [5, 5.41) is 39.4. The van der Waals surface area contributed by atoms with E-state index in [4.69, 9.17) is 0 Å². The highest BCUT2D eigenvalue weighted by Crippen LogP contribution is 2.38. The van der Waals surface area contributed by atoms with Crippen LogP contribution in [0, 0.1) is 10.1 Å². The summed E-state index contributed by atoms with van der Waals surface area (Å²) in [7, 11) is 0. The lowest BCUT2D eigenvalue weighted by molar-refractivity contribution is -0.384. The van der Waals surface area contributed by atoms with Crippen LogP contribution in [0.3, 0.4) is 0 Å². The lowest BCUT2D eigenvalue weighted by Gasteiger charge is -2.34. The average molecular weight is 303 g/mol. The summed E-state index contributed by atoms with van der Waals surface area (Å²) in [5.41, 5.74) is 0.0108. The van der Waals surface area contributed by atoms with E-state index in [1.165, 1.54) is 35.7 Å². The van der Waals surface area contributed by atoms with Crippen LogP contribution in [0.5, 0.6) is 0 Å². The molecule has 4 atom stereocenters. The van der Waals surface area contributed by atoms with Crippen LogP contribution in [-0.4, -0.2) is 48.9 Å². The minimum atomic E-state index is -1.16. The highest BCUT2D eigenvalue weighted by Gasteiger charge is 2.37. The minimum absolute atomic E-state index is 0.0108. The second-order valence-electron chi connectivity index (χ2n) is 4.12. The fourth-order valence-electron chi connectivity index (χ4n) is 1.66. The molecule has 1 aromatic carbocycles. The number of aliphatic hydroxyl groups excluding tert-OH is 3. The molecule has 1 fully saturated rings. The van der Waals surface area contributed by atoms with Gasteiger partial charge in [0.2, 0.25) is 0 Å². The summed E-state index contributed by atoms with van der Waals surface area (Å²) in [6.07, 6.45) is -3.11. The number of aliphatic hydroxyl groups is 3. The van der Waals surface area contributed by atoms with Gasteiger partial charge in [-0.1, -0.05) is 0 Å². The van der Waals surface area contributed by atoms with Crippen LogP contribution >= 0.6 is 23.5 Å². The standard InChI is InChI=1S/C11H13NO5S2/c13-8-5-18-11(10(15)9(8)14)19-7-3-1-6(2-4-7)12(16)17/h1-4,8-11,13-15H,5H2/t8-,9-,10+,11?/m1/s1. The number of hydrogen-bond donors (Lipinski definition) is 3. The molecular formula is C11H13NO5S2. The highest BCUT2D eigenvalue weighted by atomic mass is 32.2. The third-order valence-corrected chi connectivity index (χ3v) is 5.65. The molecule has 0 saturated carbocycles. The number of benzene rings is 1. The lowest BCUT2D eigenvalue weighted by atomic mass is 10.1. The van der Waals surface area contributed by atoms with Crippen LogP contribution in [0.15, 0.2) is 29.2 Å². The fraction of sp³-hybridized carbons (Fsp3) is 0.455. The number of nitro benzene ring substituents is 1. The Balaban J connectivity index is 2.03. The van der Waals surface area contributed by atoms with Crippen molar-refractivity contribution in [2.75, 3.05) is 5.75 Å². The van der Waals surface area contributed by atoms with Crippen molar-refractivity contribution in [3.8, 4) is 0 Å². The van der Waals surface area contributed by atoms with Crippen LogP contribution in [-0.2, 0) is 0 Å².